The number of benzene rings is 3. The standard InChI is InChI=1S/C24H25BrFNO3.ClH/c1-28-20-9-7-17(8-10-20)11-12-27-15-18-13-21(25)24(23(14-18)29-2)30-16-19-5-3-4-6-22(19)26;/h3-10,13-14,27H,11-12,15-16H2,1-2H3;1H. The van der Waals surface area contributed by atoms with Crippen molar-refractivity contribution in [2.24, 2.45) is 0 Å². The maximum absolute atomic E-state index is 13.8. The normalized spacial score (nSPS) is 10.3. The molecule has 0 bridgehead atoms. The molecule has 0 unspecified atom stereocenters. The molecule has 0 saturated carbocycles. The van der Waals surface area contributed by atoms with Gasteiger partial charge in [-0.15, -0.1) is 12.4 Å². The van der Waals surface area contributed by atoms with Crippen LogP contribution in [0.3, 0.4) is 0 Å². The van der Waals surface area contributed by atoms with E-state index in [4.69, 9.17) is 14.2 Å². The van der Waals surface area contributed by atoms with Gasteiger partial charge < -0.3 is 19.5 Å². The molecule has 4 nitrogen and oxygen atoms in total. The van der Waals surface area contributed by atoms with E-state index in [2.05, 4.69) is 33.4 Å². The zero-order chi connectivity index (χ0) is 21.3. The third-order valence-corrected chi connectivity index (χ3v) is 5.29. The molecule has 3 aromatic carbocycles. The third kappa shape index (κ3) is 7.13. The van der Waals surface area contributed by atoms with Crippen molar-refractivity contribution in [3.05, 3.63) is 87.6 Å². The number of methoxy groups -OCH3 is 2. The quantitative estimate of drug-likeness (QED) is 0.343. The molecule has 0 spiro atoms. The lowest BCUT2D eigenvalue weighted by molar-refractivity contribution is 0.277. The second-order valence-corrected chi connectivity index (χ2v) is 7.62. The first-order valence-electron chi connectivity index (χ1n) is 9.67. The molecule has 0 aromatic heterocycles. The van der Waals surface area contributed by atoms with E-state index in [1.807, 2.05) is 24.3 Å². The molecule has 0 heterocycles. The van der Waals surface area contributed by atoms with Crippen LogP contribution in [0.25, 0.3) is 0 Å². The molecule has 0 aliphatic heterocycles. The Bertz CT molecular complexity index is 970. The van der Waals surface area contributed by atoms with Crippen LogP contribution in [0.15, 0.2) is 65.1 Å². The fourth-order valence-corrected chi connectivity index (χ4v) is 3.64. The number of rotatable bonds is 10. The Morgan fingerprint density at radius 1 is 0.935 bits per heavy atom. The highest BCUT2D eigenvalue weighted by atomic mass is 79.9. The van der Waals surface area contributed by atoms with Crippen molar-refractivity contribution < 1.29 is 18.6 Å². The summed E-state index contributed by atoms with van der Waals surface area (Å²) in [6.07, 6.45) is 0.923. The van der Waals surface area contributed by atoms with Crippen molar-refractivity contribution in [2.75, 3.05) is 20.8 Å². The number of nitrogens with one attached hydrogen (secondary N) is 1. The van der Waals surface area contributed by atoms with Gasteiger partial charge in [0.2, 0.25) is 0 Å². The average molecular weight is 511 g/mol. The van der Waals surface area contributed by atoms with Crippen molar-refractivity contribution in [1.29, 1.82) is 0 Å². The van der Waals surface area contributed by atoms with E-state index >= 15 is 0 Å². The van der Waals surface area contributed by atoms with Crippen LogP contribution in [0.2, 0.25) is 0 Å². The largest absolute Gasteiger partial charge is 0.497 e. The van der Waals surface area contributed by atoms with Gasteiger partial charge in [-0.2, -0.15) is 0 Å². The highest BCUT2D eigenvalue weighted by Gasteiger charge is 2.13. The predicted octanol–water partition coefficient (Wildman–Crippen LogP) is 5.94. The SMILES string of the molecule is COc1ccc(CCNCc2cc(Br)c(OCc3ccccc3F)c(OC)c2)cc1.Cl. The van der Waals surface area contributed by atoms with Gasteiger partial charge in [-0.3, -0.25) is 0 Å². The zero-order valence-electron chi connectivity index (χ0n) is 17.5. The van der Waals surface area contributed by atoms with Gasteiger partial charge in [-0.1, -0.05) is 30.3 Å². The van der Waals surface area contributed by atoms with Crippen LogP contribution < -0.4 is 19.5 Å². The molecule has 31 heavy (non-hydrogen) atoms. The van der Waals surface area contributed by atoms with E-state index < -0.39 is 0 Å². The summed E-state index contributed by atoms with van der Waals surface area (Å²) in [5.41, 5.74) is 2.81. The summed E-state index contributed by atoms with van der Waals surface area (Å²) in [5.74, 6) is 1.74. The molecule has 3 rings (SSSR count). The minimum absolute atomic E-state index is 0. The van der Waals surface area contributed by atoms with Crippen LogP contribution in [0.5, 0.6) is 17.2 Å². The molecule has 166 valence electrons. The lowest BCUT2D eigenvalue weighted by Crippen LogP contribution is -2.16. The molecular weight excluding hydrogens is 485 g/mol. The maximum Gasteiger partial charge on any atom is 0.175 e. The van der Waals surface area contributed by atoms with Crippen molar-refractivity contribution in [3.63, 3.8) is 0 Å². The van der Waals surface area contributed by atoms with Crippen LogP contribution >= 0.6 is 28.3 Å². The number of hydrogen-bond donors (Lipinski definition) is 1. The predicted molar refractivity (Wildman–Crippen MR) is 127 cm³/mol. The van der Waals surface area contributed by atoms with E-state index in [1.165, 1.54) is 11.6 Å². The third-order valence-electron chi connectivity index (χ3n) is 4.70. The molecule has 0 aliphatic rings. The van der Waals surface area contributed by atoms with Crippen LogP contribution in [-0.4, -0.2) is 20.8 Å². The first-order valence-corrected chi connectivity index (χ1v) is 10.5. The fourth-order valence-electron chi connectivity index (χ4n) is 3.04. The van der Waals surface area contributed by atoms with Gasteiger partial charge in [-0.05, 0) is 70.4 Å². The molecule has 0 atom stereocenters. The van der Waals surface area contributed by atoms with Gasteiger partial charge >= 0.3 is 0 Å². The second kappa shape index (κ2) is 12.5. The summed E-state index contributed by atoms with van der Waals surface area (Å²) in [7, 11) is 3.26. The minimum atomic E-state index is -0.287. The number of halogens is 3. The van der Waals surface area contributed by atoms with Gasteiger partial charge in [0, 0.05) is 12.1 Å². The average Bonchev–Trinajstić information content (AvgIpc) is 2.77. The Kier molecular flexibility index (Phi) is 10.1. The highest BCUT2D eigenvalue weighted by Crippen LogP contribution is 2.37. The second-order valence-electron chi connectivity index (χ2n) is 6.76. The molecular formula is C24H26BrClFNO3. The highest BCUT2D eigenvalue weighted by molar-refractivity contribution is 9.10. The Morgan fingerprint density at radius 2 is 1.68 bits per heavy atom. The summed E-state index contributed by atoms with van der Waals surface area (Å²) >= 11 is 3.55. The zero-order valence-corrected chi connectivity index (χ0v) is 19.9. The van der Waals surface area contributed by atoms with E-state index in [1.54, 1.807) is 32.4 Å². The Hall–Kier alpha value is -2.28. The molecule has 3 aromatic rings. The molecule has 0 fully saturated rings. The summed E-state index contributed by atoms with van der Waals surface area (Å²) in [4.78, 5) is 0. The van der Waals surface area contributed by atoms with Gasteiger partial charge in [0.1, 0.15) is 18.2 Å². The summed E-state index contributed by atoms with van der Waals surface area (Å²) in [5, 5.41) is 3.44. The van der Waals surface area contributed by atoms with Crippen LogP contribution in [0, 0.1) is 5.82 Å². The molecule has 0 radical (unpaired) electrons. The summed E-state index contributed by atoms with van der Waals surface area (Å²) in [6.45, 7) is 1.66. The van der Waals surface area contributed by atoms with Crippen molar-refractivity contribution in [2.45, 2.75) is 19.6 Å². The van der Waals surface area contributed by atoms with Gasteiger partial charge in [-0.25, -0.2) is 4.39 Å². The molecule has 0 aliphatic carbocycles. The number of ether oxygens (including phenoxy) is 3. The fraction of sp³-hybridized carbons (Fsp3) is 0.250. The lowest BCUT2D eigenvalue weighted by Gasteiger charge is -2.15. The summed E-state index contributed by atoms with van der Waals surface area (Å²) in [6, 6.07) is 18.6. The van der Waals surface area contributed by atoms with E-state index in [0.29, 0.717) is 23.6 Å². The smallest absolute Gasteiger partial charge is 0.175 e. The molecule has 0 amide bonds. The minimum Gasteiger partial charge on any atom is -0.497 e. The summed E-state index contributed by atoms with van der Waals surface area (Å²) < 4.78 is 31.1. The van der Waals surface area contributed by atoms with Gasteiger partial charge in [0.25, 0.3) is 0 Å². The van der Waals surface area contributed by atoms with E-state index in [-0.39, 0.29) is 24.8 Å². The lowest BCUT2D eigenvalue weighted by atomic mass is 10.1. The Balaban J connectivity index is 0.00000341. The topological polar surface area (TPSA) is 39.7 Å². The number of hydrogen-bond acceptors (Lipinski definition) is 4. The molecule has 0 saturated heterocycles. The molecule has 1 N–H and O–H groups in total. The van der Waals surface area contributed by atoms with Crippen molar-refractivity contribution in [3.8, 4) is 17.2 Å². The van der Waals surface area contributed by atoms with Crippen LogP contribution in [-0.2, 0) is 19.6 Å². The van der Waals surface area contributed by atoms with Crippen molar-refractivity contribution >= 4 is 28.3 Å². The van der Waals surface area contributed by atoms with Crippen molar-refractivity contribution in [1.82, 2.24) is 5.32 Å². The van der Waals surface area contributed by atoms with Gasteiger partial charge in [0.05, 0.1) is 18.7 Å². The Morgan fingerprint density at radius 3 is 2.35 bits per heavy atom. The maximum atomic E-state index is 13.8. The monoisotopic (exact) mass is 509 g/mol. The Labute approximate surface area is 197 Å². The van der Waals surface area contributed by atoms with Crippen LogP contribution in [0.4, 0.5) is 4.39 Å². The molecule has 7 heteroatoms. The van der Waals surface area contributed by atoms with Gasteiger partial charge in [0.15, 0.2) is 11.5 Å². The first kappa shape index (κ1) is 25.0. The van der Waals surface area contributed by atoms with Crippen LogP contribution in [0.1, 0.15) is 16.7 Å². The van der Waals surface area contributed by atoms with E-state index in [0.717, 1.165) is 28.8 Å². The first-order chi connectivity index (χ1) is 14.6. The van der Waals surface area contributed by atoms with E-state index in [9.17, 15) is 4.39 Å².